The quantitative estimate of drug-likeness (QED) is 0.925. The van der Waals surface area contributed by atoms with Crippen LogP contribution in [0.3, 0.4) is 0 Å². The fourth-order valence-corrected chi connectivity index (χ4v) is 1.55. The summed E-state index contributed by atoms with van der Waals surface area (Å²) in [4.78, 5) is 4.35. The van der Waals surface area contributed by atoms with Gasteiger partial charge in [-0.05, 0) is 41.9 Å². The van der Waals surface area contributed by atoms with Gasteiger partial charge in [-0.3, -0.25) is 4.21 Å². The molecule has 1 aromatic heterocycles. The first kappa shape index (κ1) is 12.6. The number of halogens is 1. The molecule has 1 heterocycles. The Hall–Kier alpha value is -0.420. The maximum atomic E-state index is 11.1. The van der Waals surface area contributed by atoms with Gasteiger partial charge in [0, 0.05) is 33.3 Å². The van der Waals surface area contributed by atoms with Crippen molar-refractivity contribution in [1.29, 1.82) is 0 Å². The fraction of sp³-hybridized carbons (Fsp3) is 0.500. The summed E-state index contributed by atoms with van der Waals surface area (Å²) in [5.41, 5.74) is 0.949. The van der Waals surface area contributed by atoms with Crippen LogP contribution in [0.5, 0.6) is 0 Å². The predicted molar refractivity (Wildman–Crippen MR) is 68.7 cm³/mol. The highest BCUT2D eigenvalue weighted by Crippen LogP contribution is 2.16. The van der Waals surface area contributed by atoms with Crippen molar-refractivity contribution < 1.29 is 4.21 Å². The summed E-state index contributed by atoms with van der Waals surface area (Å²) in [7, 11) is -0.793. The van der Waals surface area contributed by atoms with Crippen molar-refractivity contribution in [2.75, 3.05) is 18.1 Å². The van der Waals surface area contributed by atoms with E-state index in [1.807, 2.05) is 26.0 Å². The lowest BCUT2D eigenvalue weighted by atomic mass is 10.3. The number of hydrogen-bond donors (Lipinski definition) is 1. The van der Waals surface area contributed by atoms with Crippen LogP contribution in [0, 0.1) is 6.92 Å². The van der Waals surface area contributed by atoms with Crippen LogP contribution in [0.25, 0.3) is 0 Å². The molecule has 15 heavy (non-hydrogen) atoms. The average molecular weight is 291 g/mol. The molecule has 0 aromatic carbocycles. The number of aryl methyl sites for hydroxylation is 1. The van der Waals surface area contributed by atoms with E-state index in [-0.39, 0.29) is 5.25 Å². The predicted octanol–water partition coefficient (Wildman–Crippen LogP) is 2.33. The van der Waals surface area contributed by atoms with Gasteiger partial charge in [-0.1, -0.05) is 0 Å². The Bertz CT molecular complexity index is 370. The normalized spacial score (nSPS) is 14.7. The lowest BCUT2D eigenvalue weighted by molar-refractivity contribution is 0.679. The Balaban J connectivity index is 2.58. The molecule has 0 spiro atoms. The summed E-state index contributed by atoms with van der Waals surface area (Å²) in [6.45, 7) is 4.57. The molecule has 0 saturated carbocycles. The van der Waals surface area contributed by atoms with Crippen LogP contribution in [-0.2, 0) is 10.8 Å². The minimum absolute atomic E-state index is 0.135. The van der Waals surface area contributed by atoms with Crippen LogP contribution < -0.4 is 5.32 Å². The zero-order valence-electron chi connectivity index (χ0n) is 9.08. The first-order valence-corrected chi connectivity index (χ1v) is 7.11. The minimum atomic E-state index is -0.793. The number of nitrogens with zero attached hydrogens (tertiary/aromatic N) is 1. The Morgan fingerprint density at radius 2 is 2.27 bits per heavy atom. The molecule has 0 amide bonds. The number of anilines is 1. The lowest BCUT2D eigenvalue weighted by Gasteiger charge is -2.11. The SMILES string of the molecule is Cc1nc(NCC(C)S(C)=O)ccc1Br. The van der Waals surface area contributed by atoms with E-state index in [0.29, 0.717) is 6.54 Å². The van der Waals surface area contributed by atoms with Crippen LogP contribution in [0.4, 0.5) is 5.82 Å². The Morgan fingerprint density at radius 1 is 1.60 bits per heavy atom. The van der Waals surface area contributed by atoms with Crippen molar-refractivity contribution in [3.05, 3.63) is 22.3 Å². The van der Waals surface area contributed by atoms with Crippen LogP contribution >= 0.6 is 15.9 Å². The molecule has 0 fully saturated rings. The van der Waals surface area contributed by atoms with Crippen LogP contribution in [0.15, 0.2) is 16.6 Å². The molecule has 5 heteroatoms. The minimum Gasteiger partial charge on any atom is -0.369 e. The number of hydrogen-bond acceptors (Lipinski definition) is 3. The maximum absolute atomic E-state index is 11.1. The summed E-state index contributed by atoms with van der Waals surface area (Å²) < 4.78 is 12.1. The third-order valence-electron chi connectivity index (χ3n) is 2.16. The highest BCUT2D eigenvalue weighted by Gasteiger charge is 2.06. The Kier molecular flexibility index (Phi) is 4.73. The second kappa shape index (κ2) is 5.61. The molecule has 1 aromatic rings. The molecule has 1 rings (SSSR count). The lowest BCUT2D eigenvalue weighted by Crippen LogP contribution is -2.21. The third-order valence-corrected chi connectivity index (χ3v) is 4.30. The maximum Gasteiger partial charge on any atom is 0.126 e. The highest BCUT2D eigenvalue weighted by atomic mass is 79.9. The molecular formula is C10H15BrN2OS. The molecule has 84 valence electrons. The van der Waals surface area contributed by atoms with Crippen LogP contribution in [-0.4, -0.2) is 27.2 Å². The Morgan fingerprint density at radius 3 is 2.80 bits per heavy atom. The molecule has 0 radical (unpaired) electrons. The molecule has 3 nitrogen and oxygen atoms in total. The van der Waals surface area contributed by atoms with E-state index >= 15 is 0 Å². The molecule has 2 atom stereocenters. The average Bonchev–Trinajstić information content (AvgIpc) is 2.19. The summed E-state index contributed by atoms with van der Waals surface area (Å²) in [6, 6.07) is 3.86. The van der Waals surface area contributed by atoms with Crippen molar-refractivity contribution >= 4 is 32.5 Å². The van der Waals surface area contributed by atoms with E-state index in [4.69, 9.17) is 0 Å². The van der Waals surface area contributed by atoms with E-state index < -0.39 is 10.8 Å². The van der Waals surface area contributed by atoms with Gasteiger partial charge >= 0.3 is 0 Å². The summed E-state index contributed by atoms with van der Waals surface area (Å²) in [6.07, 6.45) is 1.71. The van der Waals surface area contributed by atoms with Crippen molar-refractivity contribution in [2.24, 2.45) is 0 Å². The molecule has 0 aliphatic carbocycles. The van der Waals surface area contributed by atoms with Gasteiger partial charge in [-0.2, -0.15) is 0 Å². The fourth-order valence-electron chi connectivity index (χ4n) is 1.01. The zero-order chi connectivity index (χ0) is 11.4. The third kappa shape index (κ3) is 3.91. The standard InChI is InChI=1S/C10H15BrN2OS/c1-7(15(3)14)6-12-10-5-4-9(11)8(2)13-10/h4-5,7H,6H2,1-3H3,(H,12,13). The van der Waals surface area contributed by atoms with E-state index in [9.17, 15) is 4.21 Å². The van der Waals surface area contributed by atoms with Gasteiger partial charge < -0.3 is 5.32 Å². The van der Waals surface area contributed by atoms with Gasteiger partial charge in [0.2, 0.25) is 0 Å². The van der Waals surface area contributed by atoms with E-state index in [0.717, 1.165) is 16.0 Å². The molecule has 0 bridgehead atoms. The van der Waals surface area contributed by atoms with Gasteiger partial charge in [0.25, 0.3) is 0 Å². The van der Waals surface area contributed by atoms with Gasteiger partial charge in [0.05, 0.1) is 5.69 Å². The number of rotatable bonds is 4. The largest absolute Gasteiger partial charge is 0.369 e. The van der Waals surface area contributed by atoms with Crippen molar-refractivity contribution in [3.63, 3.8) is 0 Å². The second-order valence-electron chi connectivity index (χ2n) is 3.45. The van der Waals surface area contributed by atoms with Crippen molar-refractivity contribution in [3.8, 4) is 0 Å². The number of pyridine rings is 1. The van der Waals surface area contributed by atoms with Crippen molar-refractivity contribution in [2.45, 2.75) is 19.1 Å². The van der Waals surface area contributed by atoms with Gasteiger partial charge in [-0.15, -0.1) is 0 Å². The van der Waals surface area contributed by atoms with Gasteiger partial charge in [0.1, 0.15) is 5.82 Å². The van der Waals surface area contributed by atoms with Crippen LogP contribution in [0.1, 0.15) is 12.6 Å². The molecule has 0 aliphatic rings. The van der Waals surface area contributed by atoms with E-state index in [1.54, 1.807) is 6.26 Å². The van der Waals surface area contributed by atoms with Crippen molar-refractivity contribution in [1.82, 2.24) is 4.98 Å². The molecule has 0 saturated heterocycles. The van der Waals surface area contributed by atoms with E-state index in [1.165, 1.54) is 0 Å². The molecule has 1 N–H and O–H groups in total. The van der Waals surface area contributed by atoms with Crippen LogP contribution in [0.2, 0.25) is 0 Å². The summed E-state index contributed by atoms with van der Waals surface area (Å²) in [5.74, 6) is 0.827. The second-order valence-corrected chi connectivity index (χ2v) is 6.11. The molecular weight excluding hydrogens is 276 g/mol. The first-order valence-electron chi connectivity index (χ1n) is 4.70. The smallest absolute Gasteiger partial charge is 0.126 e. The molecule has 0 aliphatic heterocycles. The van der Waals surface area contributed by atoms with Gasteiger partial charge in [0.15, 0.2) is 0 Å². The Labute approximate surface area is 101 Å². The zero-order valence-corrected chi connectivity index (χ0v) is 11.5. The topological polar surface area (TPSA) is 42.0 Å². The highest BCUT2D eigenvalue weighted by molar-refractivity contribution is 9.10. The van der Waals surface area contributed by atoms with E-state index in [2.05, 4.69) is 26.2 Å². The molecule has 2 unspecified atom stereocenters. The summed E-state index contributed by atoms with van der Waals surface area (Å²) in [5, 5.41) is 3.30. The number of nitrogens with one attached hydrogen (secondary N) is 1. The monoisotopic (exact) mass is 290 g/mol. The first-order chi connectivity index (χ1) is 7.00. The summed E-state index contributed by atoms with van der Waals surface area (Å²) >= 11 is 3.39. The number of aromatic nitrogens is 1. The van der Waals surface area contributed by atoms with Gasteiger partial charge in [-0.25, -0.2) is 4.98 Å².